The second-order valence-electron chi connectivity index (χ2n) is 9.86. The second kappa shape index (κ2) is 20.7. The molecule has 2 heteroatoms. The van der Waals surface area contributed by atoms with Crippen LogP contribution in [-0.4, -0.2) is 31.2 Å². The summed E-state index contributed by atoms with van der Waals surface area (Å²) in [6.07, 6.45) is 31.0. The van der Waals surface area contributed by atoms with Gasteiger partial charge in [0, 0.05) is 0 Å². The van der Waals surface area contributed by atoms with Crippen molar-refractivity contribution in [1.82, 2.24) is 0 Å². The van der Waals surface area contributed by atoms with E-state index in [-0.39, 0.29) is 17.0 Å². The van der Waals surface area contributed by atoms with Crippen molar-refractivity contribution in [3.8, 4) is 0 Å². The van der Waals surface area contributed by atoms with E-state index in [0.29, 0.717) is 0 Å². The smallest absolute Gasteiger partial charge is 0.0784 e. The Labute approximate surface area is 189 Å². The molecule has 0 amide bonds. The molecule has 0 unspecified atom stereocenters. The molecule has 28 heavy (non-hydrogen) atoms. The third kappa shape index (κ3) is 17.3. The van der Waals surface area contributed by atoms with Gasteiger partial charge in [0.05, 0.1) is 26.7 Å². The average molecular weight is 461 g/mol. The highest BCUT2D eigenvalue weighted by Crippen LogP contribution is 2.18. The van der Waals surface area contributed by atoms with Gasteiger partial charge in [-0.05, 0) is 32.1 Å². The fourth-order valence-corrected chi connectivity index (χ4v) is 4.89. The maximum atomic E-state index is 2.49. The van der Waals surface area contributed by atoms with Crippen LogP contribution in [0.1, 0.15) is 142 Å². The summed E-state index contributed by atoms with van der Waals surface area (Å²) in [7, 11) is 2.49. The van der Waals surface area contributed by atoms with Crippen LogP contribution in [0.25, 0.3) is 0 Å². The van der Waals surface area contributed by atoms with Crippen molar-refractivity contribution in [2.75, 3.05) is 26.7 Å². The molecule has 170 valence electrons. The minimum absolute atomic E-state index is 0. The fraction of sp³-hybridized carbons (Fsp3) is 1.00. The summed E-state index contributed by atoms with van der Waals surface area (Å²) in [5, 5.41) is 0. The van der Waals surface area contributed by atoms with E-state index in [1.54, 1.807) is 0 Å². The van der Waals surface area contributed by atoms with Crippen molar-refractivity contribution in [2.45, 2.75) is 142 Å². The number of unbranched alkanes of at least 4 members (excludes halogenated alkanes) is 17. The third-order valence-electron chi connectivity index (χ3n) is 6.95. The molecule has 1 aliphatic rings. The maximum Gasteiger partial charge on any atom is 0.0784 e. The summed E-state index contributed by atoms with van der Waals surface area (Å²) < 4.78 is 1.37. The number of hydrogen-bond acceptors (Lipinski definition) is 0. The van der Waals surface area contributed by atoms with Crippen molar-refractivity contribution in [3.63, 3.8) is 0 Å². The fourth-order valence-electron chi connectivity index (χ4n) is 4.89. The van der Waals surface area contributed by atoms with Crippen LogP contribution in [0.5, 0.6) is 0 Å². The zero-order valence-corrected chi connectivity index (χ0v) is 21.4. The molecule has 0 saturated carbocycles. The minimum atomic E-state index is 0. The SMILES string of the molecule is CCCCCCCCCCCCCCCCCCCC[N+]1(C)CCCCC1.[Br-]. The molecule has 0 radical (unpaired) electrons. The van der Waals surface area contributed by atoms with Crippen molar-refractivity contribution in [3.05, 3.63) is 0 Å². The van der Waals surface area contributed by atoms with Crippen LogP contribution in [0.3, 0.4) is 0 Å². The summed E-state index contributed by atoms with van der Waals surface area (Å²) in [4.78, 5) is 0. The first-order valence-electron chi connectivity index (χ1n) is 13.1. The van der Waals surface area contributed by atoms with E-state index in [2.05, 4.69) is 14.0 Å². The quantitative estimate of drug-likeness (QED) is 0.172. The van der Waals surface area contributed by atoms with Gasteiger partial charge in [0.2, 0.25) is 0 Å². The third-order valence-corrected chi connectivity index (χ3v) is 6.95. The largest absolute Gasteiger partial charge is 1.00 e. The first-order valence-corrected chi connectivity index (χ1v) is 13.1. The van der Waals surface area contributed by atoms with Crippen molar-refractivity contribution < 1.29 is 21.5 Å². The highest BCUT2D eigenvalue weighted by Gasteiger charge is 2.23. The number of likely N-dealkylation sites (tertiary alicyclic amines) is 1. The molecule has 1 heterocycles. The van der Waals surface area contributed by atoms with Crippen molar-refractivity contribution in [2.24, 2.45) is 0 Å². The lowest BCUT2D eigenvalue weighted by Gasteiger charge is -2.37. The zero-order valence-electron chi connectivity index (χ0n) is 19.8. The van der Waals surface area contributed by atoms with Crippen LogP contribution in [0.15, 0.2) is 0 Å². The Kier molecular flexibility index (Phi) is 21.0. The Bertz CT molecular complexity index is 299. The molecule has 0 N–H and O–H groups in total. The van der Waals surface area contributed by atoms with Gasteiger partial charge in [-0.25, -0.2) is 0 Å². The summed E-state index contributed by atoms with van der Waals surface area (Å²) in [5.74, 6) is 0. The normalized spacial score (nSPS) is 16.1. The molecule has 1 rings (SSSR count). The molecule has 1 aliphatic heterocycles. The molecule has 0 aromatic carbocycles. The van der Waals surface area contributed by atoms with E-state index in [0.717, 1.165) is 0 Å². The highest BCUT2D eigenvalue weighted by atomic mass is 79.9. The van der Waals surface area contributed by atoms with Crippen LogP contribution in [-0.2, 0) is 0 Å². The highest BCUT2D eigenvalue weighted by molar-refractivity contribution is 4.53. The van der Waals surface area contributed by atoms with E-state index in [1.807, 2.05) is 0 Å². The van der Waals surface area contributed by atoms with Crippen LogP contribution in [0.4, 0.5) is 0 Å². The van der Waals surface area contributed by atoms with Gasteiger partial charge in [0.25, 0.3) is 0 Å². The number of nitrogens with zero attached hydrogens (tertiary/aromatic N) is 1. The summed E-state index contributed by atoms with van der Waals surface area (Å²) >= 11 is 0. The molecule has 0 spiro atoms. The van der Waals surface area contributed by atoms with Crippen LogP contribution in [0, 0.1) is 0 Å². The van der Waals surface area contributed by atoms with E-state index < -0.39 is 0 Å². The molecule has 1 nitrogen and oxygen atoms in total. The Morgan fingerprint density at radius 1 is 0.464 bits per heavy atom. The predicted molar refractivity (Wildman–Crippen MR) is 123 cm³/mol. The van der Waals surface area contributed by atoms with Crippen molar-refractivity contribution in [1.29, 1.82) is 0 Å². The standard InChI is InChI=1S/C26H54N.BrH/c1-3-4-5-6-7-8-9-10-11-12-13-14-15-16-17-18-19-21-24-27(2)25-22-20-23-26-27;/h3-26H2,1-2H3;1H/q+1;/p-1. The Hall–Kier alpha value is 0.440. The Morgan fingerprint density at radius 3 is 1.14 bits per heavy atom. The topological polar surface area (TPSA) is 0 Å². The van der Waals surface area contributed by atoms with Gasteiger partial charge in [0.1, 0.15) is 0 Å². The van der Waals surface area contributed by atoms with E-state index in [1.165, 1.54) is 159 Å². The lowest BCUT2D eigenvalue weighted by Crippen LogP contribution is -3.00. The lowest BCUT2D eigenvalue weighted by atomic mass is 10.0. The number of hydrogen-bond donors (Lipinski definition) is 0. The minimum Gasteiger partial charge on any atom is -1.00 e. The van der Waals surface area contributed by atoms with Gasteiger partial charge < -0.3 is 21.5 Å². The summed E-state index contributed by atoms with van der Waals surface area (Å²) in [5.41, 5.74) is 0. The van der Waals surface area contributed by atoms with E-state index in [9.17, 15) is 0 Å². The van der Waals surface area contributed by atoms with Gasteiger partial charge >= 0.3 is 0 Å². The van der Waals surface area contributed by atoms with Crippen molar-refractivity contribution >= 4 is 0 Å². The van der Waals surface area contributed by atoms with Gasteiger partial charge in [-0.15, -0.1) is 0 Å². The molecular weight excluding hydrogens is 406 g/mol. The number of quaternary nitrogens is 1. The van der Waals surface area contributed by atoms with Gasteiger partial charge in [-0.3, -0.25) is 0 Å². The molecule has 1 fully saturated rings. The molecule has 0 bridgehead atoms. The summed E-state index contributed by atoms with van der Waals surface area (Å²) in [6.45, 7) is 6.63. The first kappa shape index (κ1) is 28.4. The van der Waals surface area contributed by atoms with Gasteiger partial charge in [0.15, 0.2) is 0 Å². The maximum absolute atomic E-state index is 2.49. The Morgan fingerprint density at radius 2 is 0.786 bits per heavy atom. The molecule has 0 atom stereocenters. The van der Waals surface area contributed by atoms with Gasteiger partial charge in [-0.2, -0.15) is 0 Å². The van der Waals surface area contributed by atoms with Crippen LogP contribution < -0.4 is 17.0 Å². The number of rotatable bonds is 19. The molecule has 1 saturated heterocycles. The Balaban J connectivity index is 0.00000729. The monoisotopic (exact) mass is 459 g/mol. The van der Waals surface area contributed by atoms with E-state index in [4.69, 9.17) is 0 Å². The molecule has 0 aromatic rings. The summed E-state index contributed by atoms with van der Waals surface area (Å²) in [6, 6.07) is 0. The molecule has 0 aromatic heterocycles. The predicted octanol–water partition coefficient (Wildman–Crippen LogP) is 5.66. The molecule has 0 aliphatic carbocycles. The number of piperidine rings is 1. The first-order chi connectivity index (χ1) is 13.3. The second-order valence-corrected chi connectivity index (χ2v) is 9.86. The van der Waals surface area contributed by atoms with Gasteiger partial charge in [-0.1, -0.05) is 110 Å². The van der Waals surface area contributed by atoms with Crippen LogP contribution >= 0.6 is 0 Å². The zero-order chi connectivity index (χ0) is 19.5. The number of halogens is 1. The molecular formula is C26H54BrN. The van der Waals surface area contributed by atoms with E-state index >= 15 is 0 Å². The average Bonchev–Trinajstić information content (AvgIpc) is 2.67. The lowest BCUT2D eigenvalue weighted by molar-refractivity contribution is -0.914. The van der Waals surface area contributed by atoms with Crippen LogP contribution in [0.2, 0.25) is 0 Å².